The molecule has 0 saturated carbocycles. The van der Waals surface area contributed by atoms with Gasteiger partial charge >= 0.3 is 0 Å². The Bertz CT molecular complexity index is 1270. The monoisotopic (exact) mass is 503 g/mol. The smallest absolute Gasteiger partial charge is 0.268 e. The average molecular weight is 504 g/mol. The second-order valence-corrected chi connectivity index (χ2v) is 8.79. The average Bonchev–Trinajstić information content (AvgIpc) is 3.40. The van der Waals surface area contributed by atoms with E-state index in [9.17, 15) is 9.59 Å². The molecule has 2 atom stereocenters. The maximum absolute atomic E-state index is 12.7. The molecule has 2 aliphatic heterocycles. The van der Waals surface area contributed by atoms with Crippen molar-refractivity contribution in [2.75, 3.05) is 31.6 Å². The summed E-state index contributed by atoms with van der Waals surface area (Å²) in [7, 11) is 0. The van der Waals surface area contributed by atoms with Crippen molar-refractivity contribution < 1.29 is 24.6 Å². The van der Waals surface area contributed by atoms with Crippen LogP contribution in [0.25, 0.3) is 11.1 Å². The minimum atomic E-state index is -0.688. The lowest BCUT2D eigenvalue weighted by molar-refractivity contribution is -0.125. The first-order chi connectivity index (χ1) is 17.6. The highest BCUT2D eigenvalue weighted by Gasteiger charge is 2.29. The molecule has 3 aromatic rings. The van der Waals surface area contributed by atoms with E-state index < -0.39 is 6.10 Å². The van der Waals surface area contributed by atoms with Gasteiger partial charge in [-0.15, -0.1) is 0 Å². The number of morpholine rings is 1. The number of nitrogens with one attached hydrogen (secondary N) is 1. The molecule has 0 radical (unpaired) electrons. The predicted molar refractivity (Wildman–Crippen MR) is 139 cm³/mol. The molecule has 0 spiro atoms. The maximum Gasteiger partial charge on any atom is 0.268 e. The van der Waals surface area contributed by atoms with Crippen LogP contribution in [0.3, 0.4) is 0 Å². The second kappa shape index (κ2) is 11.7. The van der Waals surface area contributed by atoms with Crippen LogP contribution in [0.2, 0.25) is 0 Å². The minimum absolute atomic E-state index is 0. The van der Waals surface area contributed by atoms with E-state index in [1.807, 2.05) is 65.6 Å². The molecule has 0 aliphatic carbocycles. The highest BCUT2D eigenvalue weighted by atomic mass is 16.6. The molecule has 1 aromatic heterocycles. The van der Waals surface area contributed by atoms with Gasteiger partial charge in [0.2, 0.25) is 12.0 Å². The Hall–Kier alpha value is -4.12. The fourth-order valence-corrected chi connectivity index (χ4v) is 4.47. The van der Waals surface area contributed by atoms with E-state index in [2.05, 4.69) is 15.5 Å². The SMILES string of the molecule is NC(=O)CN1CCOC(c2ccccc2-c2ccc(NC(=O)C3CC(c4cccnc4)=NO3)cc2)C1.O. The molecule has 10 nitrogen and oxygen atoms in total. The molecule has 0 bridgehead atoms. The number of ether oxygens (including phenoxy) is 1. The van der Waals surface area contributed by atoms with Crippen LogP contribution in [0.1, 0.15) is 23.7 Å². The van der Waals surface area contributed by atoms with Gasteiger partial charge < -0.3 is 26.1 Å². The molecule has 37 heavy (non-hydrogen) atoms. The van der Waals surface area contributed by atoms with Crippen molar-refractivity contribution in [1.29, 1.82) is 0 Å². The topological polar surface area (TPSA) is 151 Å². The fourth-order valence-electron chi connectivity index (χ4n) is 4.47. The molecule has 2 aliphatic rings. The molecule has 2 unspecified atom stereocenters. The van der Waals surface area contributed by atoms with Crippen molar-refractivity contribution in [2.24, 2.45) is 10.9 Å². The van der Waals surface area contributed by atoms with Gasteiger partial charge in [0.25, 0.3) is 5.91 Å². The lowest BCUT2D eigenvalue weighted by Crippen LogP contribution is -2.42. The van der Waals surface area contributed by atoms with Gasteiger partial charge in [0.15, 0.2) is 0 Å². The van der Waals surface area contributed by atoms with Crippen molar-refractivity contribution in [2.45, 2.75) is 18.6 Å². The maximum atomic E-state index is 12.7. The number of carbonyl (C=O) groups is 2. The molecular weight excluding hydrogens is 474 g/mol. The number of hydrogen-bond acceptors (Lipinski definition) is 7. The number of primary amides is 1. The number of benzene rings is 2. The number of anilines is 1. The lowest BCUT2D eigenvalue weighted by Gasteiger charge is -2.33. The predicted octanol–water partition coefficient (Wildman–Crippen LogP) is 1.91. The van der Waals surface area contributed by atoms with E-state index in [1.54, 1.807) is 12.4 Å². The summed E-state index contributed by atoms with van der Waals surface area (Å²) in [5.74, 6) is -0.597. The Kier molecular flexibility index (Phi) is 8.24. The zero-order valence-corrected chi connectivity index (χ0v) is 20.2. The van der Waals surface area contributed by atoms with Crippen LogP contribution in [0.15, 0.2) is 78.2 Å². The first-order valence-corrected chi connectivity index (χ1v) is 11.8. The van der Waals surface area contributed by atoms with Crippen molar-refractivity contribution in [3.05, 3.63) is 84.2 Å². The number of oxime groups is 1. The number of carbonyl (C=O) groups excluding carboxylic acids is 2. The molecule has 5 N–H and O–H groups in total. The minimum Gasteiger partial charge on any atom is -0.412 e. The Morgan fingerprint density at radius 1 is 1.05 bits per heavy atom. The largest absolute Gasteiger partial charge is 0.412 e. The van der Waals surface area contributed by atoms with E-state index in [1.165, 1.54) is 0 Å². The van der Waals surface area contributed by atoms with Crippen LogP contribution in [0.5, 0.6) is 0 Å². The number of aromatic nitrogens is 1. The second-order valence-electron chi connectivity index (χ2n) is 8.79. The Morgan fingerprint density at radius 2 is 1.86 bits per heavy atom. The molecule has 1 saturated heterocycles. The summed E-state index contributed by atoms with van der Waals surface area (Å²) in [4.78, 5) is 35.6. The van der Waals surface area contributed by atoms with Gasteiger partial charge in [-0.3, -0.25) is 19.5 Å². The van der Waals surface area contributed by atoms with Crippen molar-refractivity contribution in [3.63, 3.8) is 0 Å². The van der Waals surface area contributed by atoms with Crippen molar-refractivity contribution in [1.82, 2.24) is 9.88 Å². The molecular formula is C27H29N5O5. The van der Waals surface area contributed by atoms with Gasteiger partial charge in [-0.05, 0) is 41.0 Å². The van der Waals surface area contributed by atoms with Gasteiger partial charge in [-0.2, -0.15) is 0 Å². The number of nitrogens with two attached hydrogens (primary N) is 1. The third-order valence-electron chi connectivity index (χ3n) is 6.26. The highest BCUT2D eigenvalue weighted by Crippen LogP contribution is 2.32. The van der Waals surface area contributed by atoms with Crippen LogP contribution in [0, 0.1) is 0 Å². The molecule has 3 heterocycles. The molecule has 1 fully saturated rings. The van der Waals surface area contributed by atoms with Gasteiger partial charge in [-0.25, -0.2) is 0 Å². The number of pyridine rings is 1. The third kappa shape index (κ3) is 6.18. The van der Waals surface area contributed by atoms with E-state index in [-0.39, 0.29) is 29.9 Å². The molecule has 192 valence electrons. The summed E-state index contributed by atoms with van der Waals surface area (Å²) in [6.07, 6.45) is 2.92. The number of rotatable bonds is 7. The molecule has 10 heteroatoms. The quantitative estimate of drug-likeness (QED) is 0.503. The Morgan fingerprint density at radius 3 is 2.62 bits per heavy atom. The molecule has 2 aromatic carbocycles. The number of amides is 2. The number of nitrogens with zero attached hydrogens (tertiary/aromatic N) is 3. The zero-order chi connectivity index (χ0) is 24.9. The highest BCUT2D eigenvalue weighted by molar-refractivity contribution is 6.06. The van der Waals surface area contributed by atoms with Crippen molar-refractivity contribution in [3.8, 4) is 11.1 Å². The third-order valence-corrected chi connectivity index (χ3v) is 6.26. The van der Waals surface area contributed by atoms with E-state index in [4.69, 9.17) is 15.3 Å². The van der Waals surface area contributed by atoms with Crippen LogP contribution >= 0.6 is 0 Å². The summed E-state index contributed by atoms with van der Waals surface area (Å²) < 4.78 is 6.03. The van der Waals surface area contributed by atoms with Gasteiger partial charge in [0, 0.05) is 43.2 Å². The van der Waals surface area contributed by atoms with Crippen LogP contribution in [0.4, 0.5) is 5.69 Å². The summed E-state index contributed by atoms with van der Waals surface area (Å²) >= 11 is 0. The lowest BCUT2D eigenvalue weighted by atomic mass is 9.95. The van der Waals surface area contributed by atoms with Crippen LogP contribution < -0.4 is 11.1 Å². The Labute approximate surface area is 214 Å². The van der Waals surface area contributed by atoms with E-state index in [0.717, 1.165) is 22.3 Å². The normalized spacial score (nSPS) is 19.3. The summed E-state index contributed by atoms with van der Waals surface area (Å²) in [5.41, 5.74) is 10.7. The zero-order valence-electron chi connectivity index (χ0n) is 20.2. The summed E-state index contributed by atoms with van der Waals surface area (Å²) in [6.45, 7) is 2.02. The first kappa shape index (κ1) is 26.0. The fraction of sp³-hybridized carbons (Fsp3) is 0.259. The first-order valence-electron chi connectivity index (χ1n) is 11.8. The summed E-state index contributed by atoms with van der Waals surface area (Å²) in [5, 5.41) is 6.96. The molecule has 5 rings (SSSR count). The number of hydrogen-bond donors (Lipinski definition) is 2. The Balaban J connectivity index is 0.00000320. The van der Waals surface area contributed by atoms with Gasteiger partial charge in [-0.1, -0.05) is 41.6 Å². The summed E-state index contributed by atoms with van der Waals surface area (Å²) in [6, 6.07) is 19.4. The van der Waals surface area contributed by atoms with Gasteiger partial charge in [0.1, 0.15) is 0 Å². The molecule has 2 amide bonds. The van der Waals surface area contributed by atoms with Crippen LogP contribution in [-0.2, 0) is 19.2 Å². The van der Waals surface area contributed by atoms with Crippen molar-refractivity contribution >= 4 is 23.2 Å². The van der Waals surface area contributed by atoms with Gasteiger partial charge in [0.05, 0.1) is 25.0 Å². The standard InChI is InChI=1S/C27H27N5O4.H2O/c28-26(33)17-32-12-13-35-25(16-32)22-6-2-1-5-21(22)18-7-9-20(10-8-18)30-27(34)24-14-23(31-36-24)19-4-3-11-29-15-19;/h1-11,15,24-25H,12-14,16-17H2,(H2,28,33)(H,30,34);1H2. The van der Waals surface area contributed by atoms with E-state index >= 15 is 0 Å². The van der Waals surface area contributed by atoms with E-state index in [0.29, 0.717) is 37.5 Å². The van der Waals surface area contributed by atoms with Crippen LogP contribution in [-0.4, -0.2) is 65.2 Å².